The number of hydrogen-bond donors (Lipinski definition) is 1. The largest absolute Gasteiger partial charge is 0.388 e. The third-order valence-electron chi connectivity index (χ3n) is 10.2. The number of aromatic nitrogens is 2. The van der Waals surface area contributed by atoms with Crippen molar-refractivity contribution in [1.29, 1.82) is 0 Å². The Kier molecular flexibility index (Phi) is 4.77. The number of fused-ring (bicyclic) bond motifs is 5. The van der Waals surface area contributed by atoms with Gasteiger partial charge in [0.05, 0.1) is 12.3 Å². The number of aliphatic hydroxyl groups is 1. The molecule has 160 valence electrons. The Morgan fingerprint density at radius 1 is 1.10 bits per heavy atom. The molecule has 7 atom stereocenters. The zero-order chi connectivity index (χ0) is 20.4. The zero-order valence-corrected chi connectivity index (χ0v) is 19.0. The van der Waals surface area contributed by atoms with Crippen LogP contribution in [0.2, 0.25) is 0 Å². The maximum absolute atomic E-state index is 11.5. The first-order valence-electron chi connectivity index (χ1n) is 12.3. The molecule has 3 heteroatoms. The molecule has 29 heavy (non-hydrogen) atoms. The lowest BCUT2D eigenvalue weighted by molar-refractivity contribution is -0.119. The molecule has 0 spiro atoms. The lowest BCUT2D eigenvalue weighted by Gasteiger charge is -2.60. The highest BCUT2D eigenvalue weighted by molar-refractivity contribution is 5.57. The van der Waals surface area contributed by atoms with E-state index in [1.165, 1.54) is 68.2 Å². The fraction of sp³-hybridized carbons (Fsp3) is 0.808. The maximum atomic E-state index is 11.5. The summed E-state index contributed by atoms with van der Waals surface area (Å²) < 4.78 is 2.06. The van der Waals surface area contributed by atoms with Crippen molar-refractivity contribution < 1.29 is 5.11 Å². The lowest BCUT2D eigenvalue weighted by atomic mass is 9.45. The van der Waals surface area contributed by atoms with Crippen LogP contribution in [0.3, 0.4) is 0 Å². The van der Waals surface area contributed by atoms with Crippen LogP contribution in [-0.2, 0) is 6.54 Å². The minimum Gasteiger partial charge on any atom is -0.388 e. The molecular weight excluding hydrogens is 356 g/mol. The molecule has 0 aliphatic heterocycles. The lowest BCUT2D eigenvalue weighted by Crippen LogP contribution is -2.53. The van der Waals surface area contributed by atoms with Crippen LogP contribution < -0.4 is 0 Å². The van der Waals surface area contributed by atoms with Crippen molar-refractivity contribution in [1.82, 2.24) is 9.78 Å². The summed E-state index contributed by atoms with van der Waals surface area (Å²) in [4.78, 5) is 0. The summed E-state index contributed by atoms with van der Waals surface area (Å²) in [7, 11) is 0. The van der Waals surface area contributed by atoms with E-state index in [-0.39, 0.29) is 11.5 Å². The molecule has 1 aromatic heterocycles. The van der Waals surface area contributed by atoms with Crippen molar-refractivity contribution in [3.8, 4) is 0 Å². The molecule has 0 bridgehead atoms. The van der Waals surface area contributed by atoms with Crippen molar-refractivity contribution in [3.63, 3.8) is 0 Å². The van der Waals surface area contributed by atoms with Crippen LogP contribution in [0.15, 0.2) is 11.8 Å². The average Bonchev–Trinajstić information content (AvgIpc) is 3.19. The van der Waals surface area contributed by atoms with Crippen LogP contribution in [0.5, 0.6) is 0 Å². The Morgan fingerprint density at radius 2 is 1.93 bits per heavy atom. The molecule has 4 aliphatic rings. The summed E-state index contributed by atoms with van der Waals surface area (Å²) in [6.07, 6.45) is 16.3. The second-order valence-electron chi connectivity index (χ2n) is 11.3. The fourth-order valence-corrected chi connectivity index (χ4v) is 8.42. The van der Waals surface area contributed by atoms with Gasteiger partial charge in [0, 0.05) is 23.2 Å². The molecular formula is C26H40N2O. The summed E-state index contributed by atoms with van der Waals surface area (Å²) in [6, 6.07) is 0. The molecule has 1 N–H and O–H groups in total. The topological polar surface area (TPSA) is 38.0 Å². The van der Waals surface area contributed by atoms with Gasteiger partial charge in [-0.15, -0.1) is 0 Å². The molecule has 1 heterocycles. The van der Waals surface area contributed by atoms with E-state index in [0.29, 0.717) is 11.3 Å². The van der Waals surface area contributed by atoms with Gasteiger partial charge in [-0.05, 0) is 99.5 Å². The van der Waals surface area contributed by atoms with Gasteiger partial charge in [-0.1, -0.05) is 26.7 Å². The standard InChI is InChI=1S/C26H40N2O/c1-5-28-17(2)19(16-27-28)14-18-15-23-21-10-9-20-8-6-7-12-25(20,3)22(21)11-13-26(23,4)24(18)29/h14,16,20-24,29H,5-13,15H2,1-4H3/b18-14-/t20-,21+,22-,23-,24+,25-,26-/m0/s1. The first kappa shape index (κ1) is 19.8. The normalized spacial score (nSPS) is 45.7. The summed E-state index contributed by atoms with van der Waals surface area (Å²) in [5, 5.41) is 16.0. The van der Waals surface area contributed by atoms with Gasteiger partial charge in [-0.25, -0.2) is 0 Å². The molecule has 4 fully saturated rings. The predicted molar refractivity (Wildman–Crippen MR) is 118 cm³/mol. The highest BCUT2D eigenvalue weighted by atomic mass is 16.3. The van der Waals surface area contributed by atoms with Crippen LogP contribution in [0.25, 0.3) is 6.08 Å². The zero-order valence-electron chi connectivity index (χ0n) is 19.0. The first-order chi connectivity index (χ1) is 13.9. The first-order valence-corrected chi connectivity index (χ1v) is 12.3. The molecule has 0 radical (unpaired) electrons. The second-order valence-corrected chi connectivity index (χ2v) is 11.3. The minimum absolute atomic E-state index is 0.0690. The molecule has 5 rings (SSSR count). The number of nitrogens with zero attached hydrogens (tertiary/aromatic N) is 2. The van der Waals surface area contributed by atoms with Crippen molar-refractivity contribution in [3.05, 3.63) is 23.0 Å². The Hall–Kier alpha value is -1.09. The van der Waals surface area contributed by atoms with Crippen molar-refractivity contribution in [2.24, 2.45) is 34.5 Å². The minimum atomic E-state index is -0.283. The van der Waals surface area contributed by atoms with Gasteiger partial charge in [0.1, 0.15) is 0 Å². The quantitative estimate of drug-likeness (QED) is 0.666. The van der Waals surface area contributed by atoms with Crippen molar-refractivity contribution >= 4 is 6.08 Å². The highest BCUT2D eigenvalue weighted by Crippen LogP contribution is 2.67. The third-order valence-corrected chi connectivity index (χ3v) is 10.2. The van der Waals surface area contributed by atoms with Gasteiger partial charge in [-0.2, -0.15) is 5.10 Å². The van der Waals surface area contributed by atoms with Gasteiger partial charge in [0.2, 0.25) is 0 Å². The van der Waals surface area contributed by atoms with E-state index < -0.39 is 0 Å². The van der Waals surface area contributed by atoms with Gasteiger partial charge < -0.3 is 5.11 Å². The van der Waals surface area contributed by atoms with E-state index in [1.54, 1.807) is 0 Å². The third kappa shape index (κ3) is 2.82. The summed E-state index contributed by atoms with van der Waals surface area (Å²) >= 11 is 0. The van der Waals surface area contributed by atoms with Gasteiger partial charge in [0.15, 0.2) is 0 Å². The highest BCUT2D eigenvalue weighted by Gasteiger charge is 2.60. The molecule has 1 aromatic rings. The fourth-order valence-electron chi connectivity index (χ4n) is 8.42. The van der Waals surface area contributed by atoms with Gasteiger partial charge in [0.25, 0.3) is 0 Å². The molecule has 4 saturated carbocycles. The number of aryl methyl sites for hydroxylation is 1. The maximum Gasteiger partial charge on any atom is 0.0809 e. The van der Waals surface area contributed by atoms with E-state index in [4.69, 9.17) is 0 Å². The SMILES string of the molecule is CCn1ncc(/C=C2/C[C@H]3[C@@H]4CC[C@@H]5CCCC[C@]5(C)[C@H]4CC[C@]3(C)[C@@H]2O)c1C. The van der Waals surface area contributed by atoms with Crippen molar-refractivity contribution in [2.45, 2.75) is 98.1 Å². The monoisotopic (exact) mass is 396 g/mol. The summed E-state index contributed by atoms with van der Waals surface area (Å²) in [5.41, 5.74) is 4.33. The van der Waals surface area contributed by atoms with Gasteiger partial charge >= 0.3 is 0 Å². The Bertz CT molecular complexity index is 810. The smallest absolute Gasteiger partial charge is 0.0809 e. The molecule has 0 unspecified atom stereocenters. The number of hydrogen-bond acceptors (Lipinski definition) is 2. The number of rotatable bonds is 2. The van der Waals surface area contributed by atoms with E-state index >= 15 is 0 Å². The molecule has 4 aliphatic carbocycles. The van der Waals surface area contributed by atoms with Crippen LogP contribution >= 0.6 is 0 Å². The summed E-state index contributed by atoms with van der Waals surface area (Å²) in [6.45, 7) is 10.2. The Morgan fingerprint density at radius 3 is 2.69 bits per heavy atom. The Balaban J connectivity index is 1.45. The van der Waals surface area contributed by atoms with E-state index in [9.17, 15) is 5.11 Å². The van der Waals surface area contributed by atoms with Crippen LogP contribution in [0.1, 0.15) is 89.8 Å². The molecule has 0 aromatic carbocycles. The number of aliphatic hydroxyl groups excluding tert-OH is 1. The van der Waals surface area contributed by atoms with Crippen LogP contribution in [0.4, 0.5) is 0 Å². The average molecular weight is 397 g/mol. The summed E-state index contributed by atoms with van der Waals surface area (Å²) in [5.74, 6) is 3.32. The molecule has 0 saturated heterocycles. The van der Waals surface area contributed by atoms with Crippen LogP contribution in [0, 0.1) is 41.4 Å². The predicted octanol–water partition coefficient (Wildman–Crippen LogP) is 6.00. The second kappa shape index (κ2) is 6.97. The Labute approximate surface area is 177 Å². The van der Waals surface area contributed by atoms with Crippen LogP contribution in [-0.4, -0.2) is 21.0 Å². The van der Waals surface area contributed by atoms with Gasteiger partial charge in [-0.3, -0.25) is 4.68 Å². The molecule has 3 nitrogen and oxygen atoms in total. The van der Waals surface area contributed by atoms with E-state index in [0.717, 1.165) is 30.7 Å². The molecule has 0 amide bonds. The van der Waals surface area contributed by atoms with Crippen molar-refractivity contribution in [2.75, 3.05) is 0 Å². The van der Waals surface area contributed by atoms with E-state index in [2.05, 4.69) is 43.6 Å². The van der Waals surface area contributed by atoms with E-state index in [1.807, 2.05) is 6.20 Å².